The number of aromatic nitrogens is 6. The van der Waals surface area contributed by atoms with Crippen LogP contribution < -0.4 is 16.0 Å². The first-order valence-corrected chi connectivity index (χ1v) is 28.7. The highest BCUT2D eigenvalue weighted by Crippen LogP contribution is 2.41. The van der Waals surface area contributed by atoms with Gasteiger partial charge in [-0.25, -0.2) is 19.3 Å². The molecule has 2 aromatic carbocycles. The van der Waals surface area contributed by atoms with Crippen LogP contribution in [0.15, 0.2) is 72.8 Å². The summed E-state index contributed by atoms with van der Waals surface area (Å²) >= 11 is 1.58. The highest BCUT2D eigenvalue weighted by atomic mass is 32.1. The fraction of sp³-hybridized carbons (Fsp3) is 0.508. The van der Waals surface area contributed by atoms with E-state index in [1.807, 2.05) is 79.9 Å². The largest absolute Gasteiger partial charge is 0.393 e. The summed E-state index contributed by atoms with van der Waals surface area (Å²) in [5, 5.41) is 26.9. The predicted molar refractivity (Wildman–Crippen MR) is 298 cm³/mol. The van der Waals surface area contributed by atoms with Crippen molar-refractivity contribution in [3.63, 3.8) is 0 Å². The van der Waals surface area contributed by atoms with E-state index in [4.69, 9.17) is 4.98 Å². The summed E-state index contributed by atoms with van der Waals surface area (Å²) in [7, 11) is 0. The van der Waals surface area contributed by atoms with Gasteiger partial charge in [-0.1, -0.05) is 83.6 Å². The number of nitrogens with zero attached hydrogens (tertiary/aromatic N) is 7. The molecule has 78 heavy (non-hydrogen) atoms. The van der Waals surface area contributed by atoms with Crippen molar-refractivity contribution in [3.05, 3.63) is 101 Å². The topological polar surface area (TPSA) is 220 Å². The molecule has 19 heteroatoms. The Morgan fingerprint density at radius 3 is 2.15 bits per heavy atom. The molecular formula is C59H74FN11O6S. The van der Waals surface area contributed by atoms with Crippen LogP contribution in [0.3, 0.4) is 0 Å². The van der Waals surface area contributed by atoms with Gasteiger partial charge in [-0.2, -0.15) is 5.10 Å². The van der Waals surface area contributed by atoms with Crippen molar-refractivity contribution in [1.29, 1.82) is 0 Å². The number of H-pyrrole nitrogens is 1. The molecule has 5 atom stereocenters. The molecule has 4 aromatic heterocycles. The lowest BCUT2D eigenvalue weighted by atomic mass is 9.77. The van der Waals surface area contributed by atoms with Gasteiger partial charge >= 0.3 is 0 Å². The second-order valence-electron chi connectivity index (χ2n) is 22.7. The number of piperazine rings is 1. The van der Waals surface area contributed by atoms with E-state index in [1.165, 1.54) is 6.07 Å². The summed E-state index contributed by atoms with van der Waals surface area (Å²) in [5.74, 6) is -2.11. The minimum atomic E-state index is -0.805. The number of fused-ring (bicyclic) bond motifs is 1. The van der Waals surface area contributed by atoms with Crippen LogP contribution in [0.4, 0.5) is 15.9 Å². The summed E-state index contributed by atoms with van der Waals surface area (Å²) in [6, 6.07) is 11.3. The van der Waals surface area contributed by atoms with Gasteiger partial charge < -0.3 is 30.9 Å². The maximum Gasteiger partial charge on any atom is 0.254 e. The Bertz CT molecular complexity index is 3070. The molecule has 0 radical (unpaired) electrons. The Labute approximate surface area is 459 Å². The molecule has 3 fully saturated rings. The van der Waals surface area contributed by atoms with Crippen LogP contribution in [0.2, 0.25) is 0 Å². The zero-order valence-corrected chi connectivity index (χ0v) is 46.3. The minimum absolute atomic E-state index is 0.0806. The smallest absolute Gasteiger partial charge is 0.254 e. The van der Waals surface area contributed by atoms with E-state index in [2.05, 4.69) is 36.1 Å². The monoisotopic (exact) mass is 1080 g/mol. The van der Waals surface area contributed by atoms with E-state index in [1.54, 1.807) is 47.0 Å². The average Bonchev–Trinajstić information content (AvgIpc) is 3.86. The number of imidazole rings is 1. The normalized spacial score (nSPS) is 18.5. The third-order valence-corrected chi connectivity index (χ3v) is 16.7. The molecule has 5 heterocycles. The summed E-state index contributed by atoms with van der Waals surface area (Å²) in [6.45, 7) is 11.2. The molecule has 0 spiro atoms. The first-order chi connectivity index (χ1) is 37.5. The van der Waals surface area contributed by atoms with Crippen molar-refractivity contribution in [1.82, 2.24) is 50.0 Å². The van der Waals surface area contributed by atoms with Crippen LogP contribution >= 0.6 is 11.3 Å². The van der Waals surface area contributed by atoms with Crippen molar-refractivity contribution >= 4 is 57.9 Å². The van der Waals surface area contributed by atoms with E-state index in [-0.39, 0.29) is 59.5 Å². The Morgan fingerprint density at radius 2 is 1.51 bits per heavy atom. The molecule has 17 nitrogen and oxygen atoms in total. The second kappa shape index (κ2) is 24.9. The molecule has 1 aliphatic heterocycles. The lowest BCUT2D eigenvalue weighted by Gasteiger charge is -2.35. The van der Waals surface area contributed by atoms with Gasteiger partial charge in [0, 0.05) is 74.4 Å². The standard InChI is InChI=1S/C59H74FN11O6S/c1-36(38-16-20-40(21-17-38)53-37(2)62-35-78-53)65-57(76)45-30-43(72)29-44(45)52(75)54(59(3,4)5)68-50(73)14-12-10-8-6-7-9-11-13-15-51(74)69-24-26-70(27-25-69)58(77)41-22-23-47(46(60)28-41)66-55-56-61-33-49(42-31-63-64-32-42)71(56)34-48(67-55)39-18-19-39/h16-17,20-23,28,31-36,39,43-45,54,72H,6-15,18-19,24-27,29-30H2,1-5H3,(H,63,64)(H,65,76)(H,66,67)(H,68,73)/t36-,43+,44?,45-,54+/m0/s1. The highest BCUT2D eigenvalue weighted by Gasteiger charge is 2.47. The van der Waals surface area contributed by atoms with Crippen molar-refractivity contribution < 1.29 is 33.5 Å². The number of hydrogen-bond donors (Lipinski definition) is 5. The van der Waals surface area contributed by atoms with Crippen LogP contribution in [0, 0.1) is 30.0 Å². The third-order valence-electron chi connectivity index (χ3n) is 15.7. The number of carbonyl (C=O) groups is 5. The number of benzene rings is 2. The van der Waals surface area contributed by atoms with Gasteiger partial charge in [-0.3, -0.25) is 33.5 Å². The third kappa shape index (κ3) is 13.5. The molecule has 9 rings (SSSR count). The lowest BCUT2D eigenvalue weighted by molar-refractivity contribution is -0.137. The molecule has 6 aromatic rings. The maximum absolute atomic E-state index is 15.7. The minimum Gasteiger partial charge on any atom is -0.393 e. The fourth-order valence-electron chi connectivity index (χ4n) is 11.0. The Morgan fingerprint density at radius 1 is 0.833 bits per heavy atom. The summed E-state index contributed by atoms with van der Waals surface area (Å²) in [5.41, 5.74) is 7.76. The number of halogens is 1. The zero-order chi connectivity index (χ0) is 55.1. The van der Waals surface area contributed by atoms with Crippen molar-refractivity contribution in [2.24, 2.45) is 17.3 Å². The van der Waals surface area contributed by atoms with Crippen molar-refractivity contribution in [2.75, 3.05) is 31.5 Å². The van der Waals surface area contributed by atoms with Gasteiger partial charge in [0.1, 0.15) is 5.82 Å². The number of unbranched alkanes of at least 4 members (excludes halogenated alkanes) is 7. The Hall–Kier alpha value is -6.86. The first kappa shape index (κ1) is 55.9. The van der Waals surface area contributed by atoms with Crippen molar-refractivity contribution in [3.8, 4) is 21.7 Å². The number of aliphatic hydroxyl groups is 1. The number of Topliss-reactive ketones (excluding diaryl/α,β-unsaturated/α-hetero) is 1. The average molecular weight is 1080 g/mol. The second-order valence-corrected chi connectivity index (χ2v) is 23.5. The molecular weight excluding hydrogens is 1010 g/mol. The van der Waals surface area contributed by atoms with Gasteiger partial charge in [-0.05, 0) is 87.1 Å². The molecule has 3 aliphatic rings. The SMILES string of the molecule is Cc1ncsc1-c1ccc([C@H](C)NC(=O)[C@H]2C[C@H](O)CC2C(=O)[C@@H](NC(=O)CCCCCCCCCCC(=O)N2CCN(C(=O)c3ccc(Nc4nc(C5CC5)cn5c(-c6cn[nH]c6)cnc45)c(F)c3)CC2)C(C)(C)C)cc1. The van der Waals surface area contributed by atoms with Crippen LogP contribution in [0.1, 0.15) is 157 Å². The van der Waals surface area contributed by atoms with E-state index in [0.29, 0.717) is 62.8 Å². The quantitative estimate of drug-likeness (QED) is 0.0380. The number of ketones is 1. The van der Waals surface area contributed by atoms with Crippen LogP contribution in [-0.2, 0) is 19.2 Å². The fourth-order valence-corrected chi connectivity index (χ4v) is 11.8. The molecule has 5 N–H and O–H groups in total. The number of thiazole rings is 1. The maximum atomic E-state index is 15.7. The highest BCUT2D eigenvalue weighted by molar-refractivity contribution is 7.13. The summed E-state index contributed by atoms with van der Waals surface area (Å²) in [4.78, 5) is 86.2. The molecule has 2 saturated carbocycles. The number of carbonyl (C=O) groups excluding carboxylic acids is 5. The molecule has 1 unspecified atom stereocenters. The van der Waals surface area contributed by atoms with E-state index >= 15 is 4.39 Å². The van der Waals surface area contributed by atoms with E-state index in [9.17, 15) is 29.1 Å². The number of hydrogen-bond acceptors (Lipinski definition) is 12. The first-order valence-electron chi connectivity index (χ1n) is 27.8. The van der Waals surface area contributed by atoms with E-state index in [0.717, 1.165) is 96.4 Å². The number of aryl methyl sites for hydroxylation is 1. The van der Waals surface area contributed by atoms with E-state index < -0.39 is 35.2 Å². The van der Waals surface area contributed by atoms with Gasteiger partial charge in [0.2, 0.25) is 17.7 Å². The van der Waals surface area contributed by atoms with Gasteiger partial charge in [-0.15, -0.1) is 11.3 Å². The summed E-state index contributed by atoms with van der Waals surface area (Å²) in [6.07, 6.45) is 17.0. The molecule has 4 amide bonds. The number of rotatable bonds is 23. The predicted octanol–water partition coefficient (Wildman–Crippen LogP) is 9.86. The molecule has 2 aliphatic carbocycles. The van der Waals surface area contributed by atoms with Gasteiger partial charge in [0.25, 0.3) is 5.91 Å². The molecule has 0 bridgehead atoms. The molecule has 1 saturated heterocycles. The lowest BCUT2D eigenvalue weighted by Crippen LogP contribution is -2.52. The van der Waals surface area contributed by atoms with Gasteiger partial charge in [0.15, 0.2) is 17.2 Å². The number of nitrogens with one attached hydrogen (secondary N) is 4. The number of aliphatic hydroxyl groups excluding tert-OH is 1. The van der Waals surface area contributed by atoms with Crippen LogP contribution in [-0.4, -0.2) is 112 Å². The van der Waals surface area contributed by atoms with Gasteiger partial charge in [0.05, 0.1) is 69.7 Å². The summed E-state index contributed by atoms with van der Waals surface area (Å²) < 4.78 is 17.6. The number of aromatic amines is 1. The zero-order valence-electron chi connectivity index (χ0n) is 45.5. The number of anilines is 2. The number of amides is 4. The molecule has 414 valence electrons. The van der Waals surface area contributed by atoms with Crippen LogP contribution in [0.5, 0.6) is 0 Å². The Balaban J connectivity index is 0.641. The Kier molecular flexibility index (Phi) is 17.8. The van der Waals surface area contributed by atoms with Crippen LogP contribution in [0.25, 0.3) is 27.3 Å². The van der Waals surface area contributed by atoms with Crippen molar-refractivity contribution in [2.45, 2.75) is 149 Å².